The van der Waals surface area contributed by atoms with Gasteiger partial charge < -0.3 is 10.4 Å². The van der Waals surface area contributed by atoms with Crippen molar-refractivity contribution in [3.63, 3.8) is 0 Å². The number of halogens is 1. The molecule has 80 valence electrons. The van der Waals surface area contributed by atoms with Gasteiger partial charge in [0.05, 0.1) is 11.0 Å². The summed E-state index contributed by atoms with van der Waals surface area (Å²) in [6.45, 7) is 0.772. The highest BCUT2D eigenvalue weighted by Crippen LogP contribution is 2.35. The molecule has 1 aromatic rings. The topological polar surface area (TPSA) is 75.4 Å². The Morgan fingerprint density at radius 2 is 2.27 bits per heavy atom. The minimum Gasteiger partial charge on any atom is -0.505 e. The summed E-state index contributed by atoms with van der Waals surface area (Å²) in [7, 11) is 0. The number of aromatic hydroxyl groups is 1. The molecular weight excluding hydrogens is 203 g/mol. The molecule has 0 radical (unpaired) electrons. The van der Waals surface area contributed by atoms with Crippen molar-refractivity contribution < 1.29 is 14.4 Å². The molecule has 15 heavy (non-hydrogen) atoms. The van der Waals surface area contributed by atoms with Crippen LogP contribution >= 0.6 is 0 Å². The first-order valence-electron chi connectivity index (χ1n) is 4.50. The molecule has 1 fully saturated rings. The number of phenols is 1. The van der Waals surface area contributed by atoms with Crippen molar-refractivity contribution in [1.82, 2.24) is 5.32 Å². The van der Waals surface area contributed by atoms with Gasteiger partial charge in [-0.05, 0) is 13.0 Å². The molecule has 1 aromatic carbocycles. The van der Waals surface area contributed by atoms with E-state index in [4.69, 9.17) is 0 Å². The first kappa shape index (κ1) is 9.85. The fourth-order valence-electron chi connectivity index (χ4n) is 1.53. The third-order valence-corrected chi connectivity index (χ3v) is 2.49. The largest absolute Gasteiger partial charge is 0.505 e. The van der Waals surface area contributed by atoms with Gasteiger partial charge in [-0.2, -0.15) is 0 Å². The number of phenolic OH excluding ortho intramolecular Hbond substituents is 1. The smallest absolute Gasteiger partial charge is 0.272 e. The molecule has 1 aliphatic heterocycles. The van der Waals surface area contributed by atoms with Crippen molar-refractivity contribution in [2.75, 3.05) is 6.54 Å². The van der Waals surface area contributed by atoms with Crippen molar-refractivity contribution in [2.24, 2.45) is 0 Å². The van der Waals surface area contributed by atoms with Gasteiger partial charge in [0.25, 0.3) is 5.69 Å². The second-order valence-corrected chi connectivity index (χ2v) is 3.42. The summed E-state index contributed by atoms with van der Waals surface area (Å²) in [5, 5.41) is 22.8. The SMILES string of the molecule is O=[N+]([O-])c1cc(F)c(O)c([C@@H]2CCN2)c1. The van der Waals surface area contributed by atoms with E-state index in [-0.39, 0.29) is 17.3 Å². The van der Waals surface area contributed by atoms with Crippen LogP contribution in [0.5, 0.6) is 5.75 Å². The molecule has 1 atom stereocenters. The number of nitrogens with one attached hydrogen (secondary N) is 1. The third-order valence-electron chi connectivity index (χ3n) is 2.49. The van der Waals surface area contributed by atoms with Gasteiger partial charge in [0.2, 0.25) is 0 Å². The van der Waals surface area contributed by atoms with Crippen LogP contribution in [-0.2, 0) is 0 Å². The second kappa shape index (κ2) is 3.47. The molecule has 6 heteroatoms. The lowest BCUT2D eigenvalue weighted by Crippen LogP contribution is -2.35. The Hall–Kier alpha value is -1.69. The number of hydrogen-bond acceptors (Lipinski definition) is 4. The van der Waals surface area contributed by atoms with E-state index < -0.39 is 16.5 Å². The van der Waals surface area contributed by atoms with E-state index in [2.05, 4.69) is 5.32 Å². The average molecular weight is 212 g/mol. The molecule has 0 amide bonds. The van der Waals surface area contributed by atoms with E-state index in [1.807, 2.05) is 0 Å². The zero-order valence-electron chi connectivity index (χ0n) is 7.74. The van der Waals surface area contributed by atoms with Crippen molar-refractivity contribution >= 4 is 5.69 Å². The maximum Gasteiger partial charge on any atom is 0.272 e. The van der Waals surface area contributed by atoms with Crippen LogP contribution in [0.1, 0.15) is 18.0 Å². The van der Waals surface area contributed by atoms with Gasteiger partial charge in [0.1, 0.15) is 0 Å². The summed E-state index contributed by atoms with van der Waals surface area (Å²) < 4.78 is 13.1. The van der Waals surface area contributed by atoms with Crippen LogP contribution in [0.15, 0.2) is 12.1 Å². The highest BCUT2D eigenvalue weighted by Gasteiger charge is 2.26. The lowest BCUT2D eigenvalue weighted by Gasteiger charge is -2.28. The minimum atomic E-state index is -0.951. The Bertz CT molecular complexity index is 418. The second-order valence-electron chi connectivity index (χ2n) is 3.42. The van der Waals surface area contributed by atoms with Gasteiger partial charge in [0.15, 0.2) is 11.6 Å². The molecule has 0 aliphatic carbocycles. The van der Waals surface area contributed by atoms with E-state index in [1.54, 1.807) is 0 Å². The number of benzene rings is 1. The number of hydrogen-bond donors (Lipinski definition) is 2. The summed E-state index contributed by atoms with van der Waals surface area (Å²) in [6.07, 6.45) is 0.744. The van der Waals surface area contributed by atoms with Crippen molar-refractivity contribution in [1.29, 1.82) is 0 Å². The minimum absolute atomic E-state index is 0.181. The van der Waals surface area contributed by atoms with Gasteiger partial charge in [0, 0.05) is 17.7 Å². The van der Waals surface area contributed by atoms with Crippen LogP contribution in [0, 0.1) is 15.9 Å². The molecule has 2 N–H and O–H groups in total. The first-order chi connectivity index (χ1) is 7.09. The Balaban J connectivity index is 2.46. The van der Waals surface area contributed by atoms with Crippen LogP contribution < -0.4 is 5.32 Å². The lowest BCUT2D eigenvalue weighted by molar-refractivity contribution is -0.385. The van der Waals surface area contributed by atoms with Crippen LogP contribution in [0.25, 0.3) is 0 Å². The molecule has 0 saturated carbocycles. The van der Waals surface area contributed by atoms with E-state index in [0.717, 1.165) is 19.0 Å². The predicted molar refractivity (Wildman–Crippen MR) is 50.1 cm³/mol. The molecule has 1 aliphatic rings. The van der Waals surface area contributed by atoms with Crippen LogP contribution in [0.2, 0.25) is 0 Å². The average Bonchev–Trinajstić information content (AvgIpc) is 2.09. The van der Waals surface area contributed by atoms with E-state index in [1.165, 1.54) is 6.07 Å². The Morgan fingerprint density at radius 1 is 1.60 bits per heavy atom. The normalized spacial score (nSPS) is 19.7. The summed E-state index contributed by atoms with van der Waals surface area (Å²) >= 11 is 0. The molecule has 1 heterocycles. The van der Waals surface area contributed by atoms with Crippen LogP contribution in [0.3, 0.4) is 0 Å². The molecule has 5 nitrogen and oxygen atoms in total. The zero-order valence-corrected chi connectivity index (χ0v) is 7.74. The zero-order chi connectivity index (χ0) is 11.0. The van der Waals surface area contributed by atoms with Gasteiger partial charge >= 0.3 is 0 Å². The van der Waals surface area contributed by atoms with Crippen molar-refractivity contribution in [2.45, 2.75) is 12.5 Å². The van der Waals surface area contributed by atoms with Gasteiger partial charge in [-0.3, -0.25) is 10.1 Å². The molecule has 2 rings (SSSR count). The Kier molecular flexibility index (Phi) is 2.28. The van der Waals surface area contributed by atoms with Gasteiger partial charge in [-0.1, -0.05) is 0 Å². The summed E-state index contributed by atoms with van der Waals surface area (Å²) in [5.74, 6) is -1.45. The molecular formula is C9H9FN2O3. The van der Waals surface area contributed by atoms with Gasteiger partial charge in [-0.25, -0.2) is 4.39 Å². The molecule has 0 unspecified atom stereocenters. The van der Waals surface area contributed by atoms with E-state index >= 15 is 0 Å². The summed E-state index contributed by atoms with van der Waals surface area (Å²) in [5.41, 5.74) is -0.0815. The number of rotatable bonds is 2. The fourth-order valence-corrected chi connectivity index (χ4v) is 1.53. The molecule has 1 saturated heterocycles. The van der Waals surface area contributed by atoms with Crippen molar-refractivity contribution in [3.05, 3.63) is 33.6 Å². The molecule has 0 aromatic heterocycles. The molecule has 0 spiro atoms. The van der Waals surface area contributed by atoms with Crippen LogP contribution in [0.4, 0.5) is 10.1 Å². The number of nitrogens with zero attached hydrogens (tertiary/aromatic N) is 1. The predicted octanol–water partition coefficient (Wildman–Crippen LogP) is 1.47. The number of non-ortho nitro benzene ring substituents is 1. The highest BCUT2D eigenvalue weighted by atomic mass is 19.1. The van der Waals surface area contributed by atoms with Crippen LogP contribution in [-0.4, -0.2) is 16.6 Å². The summed E-state index contributed by atoms with van der Waals surface area (Å²) in [6, 6.07) is 1.74. The monoisotopic (exact) mass is 212 g/mol. The quantitative estimate of drug-likeness (QED) is 0.575. The maximum absolute atomic E-state index is 13.1. The third kappa shape index (κ3) is 1.63. The van der Waals surface area contributed by atoms with E-state index in [0.29, 0.717) is 0 Å². The van der Waals surface area contributed by atoms with Gasteiger partial charge in [-0.15, -0.1) is 0 Å². The number of nitro benzene ring substituents is 1. The summed E-state index contributed by atoms with van der Waals surface area (Å²) in [4.78, 5) is 9.81. The fraction of sp³-hybridized carbons (Fsp3) is 0.333. The standard InChI is InChI=1S/C9H9FN2O3/c10-7-4-5(12(14)15)3-6(9(7)13)8-1-2-11-8/h3-4,8,11,13H,1-2H2/t8-/m0/s1. The highest BCUT2D eigenvalue weighted by molar-refractivity contribution is 5.46. The Labute approximate surface area is 84.7 Å². The molecule has 0 bridgehead atoms. The lowest BCUT2D eigenvalue weighted by atomic mass is 9.96. The maximum atomic E-state index is 13.1. The first-order valence-corrected chi connectivity index (χ1v) is 4.50. The van der Waals surface area contributed by atoms with Crippen molar-refractivity contribution in [3.8, 4) is 5.75 Å². The number of nitro groups is 1. The Morgan fingerprint density at radius 3 is 2.73 bits per heavy atom. The van der Waals surface area contributed by atoms with E-state index in [9.17, 15) is 19.6 Å².